The molecule has 14 nitrogen and oxygen atoms in total. The Labute approximate surface area is 270 Å². The SMILES string of the molecule is CC(=O)C1(O)Cc2c(O)c3c(c(O)c2C(OC2CC(N)C(OC(CC(C)O)OC(C)C=O)C(C)O2)C1)C(=O)c1c(O)cccc1C3=O. The lowest BCUT2D eigenvalue weighted by atomic mass is 9.72. The highest BCUT2D eigenvalue weighted by Crippen LogP contribution is 2.52. The lowest BCUT2D eigenvalue weighted by Crippen LogP contribution is -2.55. The molecule has 14 heteroatoms. The molecule has 0 amide bonds. The number of ether oxygens (including phenoxy) is 4. The maximum absolute atomic E-state index is 13.6. The molecule has 0 saturated carbocycles. The number of fused-ring (bicyclic) bond motifs is 3. The Hall–Kier alpha value is -3.76. The van der Waals surface area contributed by atoms with Gasteiger partial charge in [-0.05, 0) is 33.8 Å². The fourth-order valence-corrected chi connectivity index (χ4v) is 6.57. The standard InChI is InChI=1S/C33H39NO13/c1-13(36)8-22(44-14(2)12-35)47-32-15(3)45-23(9-19(32)34)46-21-11-33(43,16(4)37)10-18-25(21)31(42)27-26(29(18)40)28(39)17-6-5-7-20(38)24(17)30(27)41/h5-7,12-15,19,21-23,32,36,38,40,42-43H,8-11,34H2,1-4H3. The van der Waals surface area contributed by atoms with Gasteiger partial charge in [0.15, 0.2) is 24.1 Å². The number of aldehydes is 1. The molecular weight excluding hydrogens is 618 g/mol. The van der Waals surface area contributed by atoms with E-state index in [9.17, 15) is 44.7 Å². The van der Waals surface area contributed by atoms with Gasteiger partial charge in [-0.15, -0.1) is 0 Å². The van der Waals surface area contributed by atoms with Crippen molar-refractivity contribution in [3.63, 3.8) is 0 Å². The van der Waals surface area contributed by atoms with Gasteiger partial charge in [0, 0.05) is 48.4 Å². The second-order valence-electron chi connectivity index (χ2n) is 12.6. The lowest BCUT2D eigenvalue weighted by molar-refractivity contribution is -0.282. The molecule has 7 N–H and O–H groups in total. The van der Waals surface area contributed by atoms with E-state index in [1.807, 2.05) is 0 Å². The van der Waals surface area contributed by atoms with Crippen molar-refractivity contribution in [2.45, 2.75) is 108 Å². The number of phenolic OH excluding ortho intramolecular Hbond substituents is 3. The van der Waals surface area contributed by atoms with Crippen LogP contribution in [0.1, 0.15) is 96.0 Å². The Morgan fingerprint density at radius 2 is 1.81 bits per heavy atom. The number of ketones is 3. The van der Waals surface area contributed by atoms with Crippen LogP contribution in [0, 0.1) is 0 Å². The van der Waals surface area contributed by atoms with Gasteiger partial charge in [-0.25, -0.2) is 0 Å². The largest absolute Gasteiger partial charge is 0.507 e. The van der Waals surface area contributed by atoms with Gasteiger partial charge >= 0.3 is 0 Å². The average Bonchev–Trinajstić information content (AvgIpc) is 2.98. The van der Waals surface area contributed by atoms with E-state index in [1.165, 1.54) is 32.0 Å². The van der Waals surface area contributed by atoms with Crippen LogP contribution in [-0.4, -0.2) is 97.8 Å². The van der Waals surface area contributed by atoms with Gasteiger partial charge in [0.05, 0.1) is 35.0 Å². The average molecular weight is 658 g/mol. The van der Waals surface area contributed by atoms with Gasteiger partial charge in [0.2, 0.25) is 5.78 Å². The number of aromatic hydroxyl groups is 3. The topological polar surface area (TPSA) is 232 Å². The molecule has 5 rings (SSSR count). The summed E-state index contributed by atoms with van der Waals surface area (Å²) in [6, 6.07) is 3.13. The van der Waals surface area contributed by atoms with Crippen molar-refractivity contribution in [3.8, 4) is 17.2 Å². The van der Waals surface area contributed by atoms with Crippen molar-refractivity contribution in [1.82, 2.24) is 0 Å². The quantitative estimate of drug-likeness (QED) is 0.103. The summed E-state index contributed by atoms with van der Waals surface area (Å²) < 4.78 is 23.9. The summed E-state index contributed by atoms with van der Waals surface area (Å²) in [6.45, 7) is 5.86. The van der Waals surface area contributed by atoms with Crippen LogP contribution in [-0.2, 0) is 35.0 Å². The van der Waals surface area contributed by atoms with Crippen LogP contribution in [0.15, 0.2) is 18.2 Å². The molecular formula is C33H39NO13. The molecule has 1 heterocycles. The maximum atomic E-state index is 13.6. The van der Waals surface area contributed by atoms with Crippen molar-refractivity contribution < 1.29 is 63.7 Å². The second kappa shape index (κ2) is 13.0. The number of carbonyl (C=O) groups is 4. The molecule has 0 aromatic heterocycles. The minimum absolute atomic E-state index is 0.000319. The van der Waals surface area contributed by atoms with Crippen molar-refractivity contribution in [2.24, 2.45) is 5.73 Å². The number of hydrogen-bond donors (Lipinski definition) is 6. The number of nitrogens with two attached hydrogens (primary N) is 1. The van der Waals surface area contributed by atoms with Crippen LogP contribution in [0.5, 0.6) is 17.2 Å². The molecule has 0 radical (unpaired) electrons. The molecule has 1 saturated heterocycles. The number of Topliss-reactive ketones (excluding diaryl/α,β-unsaturated/α-hetero) is 1. The van der Waals surface area contributed by atoms with Gasteiger partial charge < -0.3 is 55.0 Å². The van der Waals surface area contributed by atoms with Crippen LogP contribution in [0.2, 0.25) is 0 Å². The highest BCUT2D eigenvalue weighted by atomic mass is 16.7. The van der Waals surface area contributed by atoms with Gasteiger partial charge in [0.25, 0.3) is 0 Å². The first-order chi connectivity index (χ1) is 22.1. The van der Waals surface area contributed by atoms with E-state index < -0.39 is 113 Å². The van der Waals surface area contributed by atoms with Crippen molar-refractivity contribution in [1.29, 1.82) is 0 Å². The highest BCUT2D eigenvalue weighted by Gasteiger charge is 2.49. The Kier molecular flexibility index (Phi) is 9.59. The summed E-state index contributed by atoms with van der Waals surface area (Å²) in [5.41, 5.74) is 2.54. The van der Waals surface area contributed by atoms with Gasteiger partial charge in [-0.3, -0.25) is 14.4 Å². The number of aliphatic hydroxyl groups excluding tert-OH is 1. The molecule has 0 bridgehead atoms. The number of phenols is 3. The Bertz CT molecular complexity index is 1590. The zero-order valence-electron chi connectivity index (χ0n) is 26.3. The van der Waals surface area contributed by atoms with Crippen LogP contribution in [0.3, 0.4) is 0 Å². The van der Waals surface area contributed by atoms with Crippen molar-refractivity contribution in [2.75, 3.05) is 0 Å². The third kappa shape index (κ3) is 6.29. The molecule has 2 aromatic carbocycles. The number of hydrogen-bond acceptors (Lipinski definition) is 14. The van der Waals surface area contributed by atoms with Gasteiger partial charge in [0.1, 0.15) is 41.3 Å². The van der Waals surface area contributed by atoms with Gasteiger partial charge in [-0.1, -0.05) is 12.1 Å². The molecule has 2 aromatic rings. The molecule has 254 valence electrons. The Morgan fingerprint density at radius 3 is 2.43 bits per heavy atom. The van der Waals surface area contributed by atoms with Crippen LogP contribution >= 0.6 is 0 Å². The van der Waals surface area contributed by atoms with Gasteiger partial charge in [-0.2, -0.15) is 0 Å². The normalized spacial score (nSPS) is 28.9. The van der Waals surface area contributed by atoms with E-state index in [0.29, 0.717) is 6.29 Å². The lowest BCUT2D eigenvalue weighted by Gasteiger charge is -2.43. The van der Waals surface area contributed by atoms with E-state index in [2.05, 4.69) is 0 Å². The summed E-state index contributed by atoms with van der Waals surface area (Å²) in [5.74, 6) is -4.30. The first kappa shape index (κ1) is 34.6. The van der Waals surface area contributed by atoms with E-state index in [-0.39, 0.29) is 35.1 Å². The summed E-state index contributed by atoms with van der Waals surface area (Å²) in [6.07, 6.45) is -6.81. The first-order valence-corrected chi connectivity index (χ1v) is 15.3. The predicted molar refractivity (Wildman–Crippen MR) is 161 cm³/mol. The molecule has 3 aliphatic rings. The minimum atomic E-state index is -2.08. The number of benzene rings is 2. The molecule has 1 aliphatic heterocycles. The van der Waals surface area contributed by atoms with Crippen LogP contribution in [0.25, 0.3) is 0 Å². The zero-order valence-corrected chi connectivity index (χ0v) is 26.3. The third-order valence-corrected chi connectivity index (χ3v) is 8.96. The number of carbonyl (C=O) groups excluding carboxylic acids is 4. The summed E-state index contributed by atoms with van der Waals surface area (Å²) in [5, 5.41) is 54.7. The third-order valence-electron chi connectivity index (χ3n) is 8.96. The Balaban J connectivity index is 1.48. The smallest absolute Gasteiger partial charge is 0.202 e. The Morgan fingerprint density at radius 1 is 1.13 bits per heavy atom. The molecule has 47 heavy (non-hydrogen) atoms. The van der Waals surface area contributed by atoms with Crippen LogP contribution < -0.4 is 5.73 Å². The predicted octanol–water partition coefficient (Wildman–Crippen LogP) is 1.45. The number of aliphatic hydroxyl groups is 2. The van der Waals surface area contributed by atoms with Crippen molar-refractivity contribution in [3.05, 3.63) is 51.6 Å². The van der Waals surface area contributed by atoms with Crippen LogP contribution in [0.4, 0.5) is 0 Å². The molecule has 2 aliphatic carbocycles. The molecule has 1 fully saturated rings. The molecule has 9 atom stereocenters. The summed E-state index contributed by atoms with van der Waals surface area (Å²) >= 11 is 0. The van der Waals surface area contributed by atoms with E-state index in [1.54, 1.807) is 6.92 Å². The highest BCUT2D eigenvalue weighted by molar-refractivity contribution is 6.31. The van der Waals surface area contributed by atoms with E-state index in [0.717, 1.165) is 6.92 Å². The molecule has 9 unspecified atom stereocenters. The molecule has 0 spiro atoms. The first-order valence-electron chi connectivity index (χ1n) is 15.3. The zero-order chi connectivity index (χ0) is 34.5. The maximum Gasteiger partial charge on any atom is 0.202 e. The minimum Gasteiger partial charge on any atom is -0.507 e. The second-order valence-corrected chi connectivity index (χ2v) is 12.6. The summed E-state index contributed by atoms with van der Waals surface area (Å²) in [4.78, 5) is 50.9. The number of rotatable bonds is 10. The fourth-order valence-electron chi connectivity index (χ4n) is 6.57. The van der Waals surface area contributed by atoms with E-state index >= 15 is 0 Å². The summed E-state index contributed by atoms with van der Waals surface area (Å²) in [7, 11) is 0. The van der Waals surface area contributed by atoms with Crippen molar-refractivity contribution >= 4 is 23.6 Å². The van der Waals surface area contributed by atoms with E-state index in [4.69, 9.17) is 24.7 Å². The monoisotopic (exact) mass is 657 g/mol. The fraction of sp³-hybridized carbons (Fsp3) is 0.515.